The number of rotatable bonds is 4. The van der Waals surface area contributed by atoms with E-state index < -0.39 is 5.82 Å². The molecule has 1 heterocycles. The van der Waals surface area contributed by atoms with Crippen LogP contribution in [0.3, 0.4) is 0 Å². The maximum absolute atomic E-state index is 13.2. The molecular formula is C13H17Cl2FN2O. The molecule has 0 radical (unpaired) electrons. The van der Waals surface area contributed by atoms with Crippen LogP contribution in [-0.4, -0.2) is 25.0 Å². The summed E-state index contributed by atoms with van der Waals surface area (Å²) in [7, 11) is 0. The Labute approximate surface area is 123 Å². The number of amides is 1. The zero-order chi connectivity index (χ0) is 13.0. The lowest BCUT2D eigenvalue weighted by atomic mass is 10.1. The highest BCUT2D eigenvalue weighted by molar-refractivity contribution is 6.30. The first kappa shape index (κ1) is 16.2. The lowest BCUT2D eigenvalue weighted by Crippen LogP contribution is -2.30. The molecule has 106 valence electrons. The summed E-state index contributed by atoms with van der Waals surface area (Å²) in [5, 5.41) is 6.17. The van der Waals surface area contributed by atoms with Gasteiger partial charge in [0.2, 0.25) is 0 Å². The molecule has 6 heteroatoms. The van der Waals surface area contributed by atoms with Crippen molar-refractivity contribution < 1.29 is 9.18 Å². The molecule has 1 aromatic rings. The summed E-state index contributed by atoms with van der Waals surface area (Å²) in [6.07, 6.45) is 3.26. The summed E-state index contributed by atoms with van der Waals surface area (Å²) < 4.78 is 13.2. The topological polar surface area (TPSA) is 41.1 Å². The van der Waals surface area contributed by atoms with Gasteiger partial charge in [-0.2, -0.15) is 0 Å². The Hall–Kier alpha value is -0.840. The van der Waals surface area contributed by atoms with Gasteiger partial charge >= 0.3 is 0 Å². The van der Waals surface area contributed by atoms with Crippen LogP contribution < -0.4 is 10.6 Å². The highest BCUT2D eigenvalue weighted by Gasteiger charge is 2.14. The van der Waals surface area contributed by atoms with Crippen LogP contribution in [0.15, 0.2) is 18.2 Å². The molecule has 3 nitrogen and oxygen atoms in total. The van der Waals surface area contributed by atoms with Crippen LogP contribution in [0.2, 0.25) is 5.02 Å². The molecule has 1 atom stereocenters. The second-order valence-corrected chi connectivity index (χ2v) is 4.87. The van der Waals surface area contributed by atoms with Crippen molar-refractivity contribution in [2.45, 2.75) is 25.3 Å². The Balaban J connectivity index is 0.00000180. The summed E-state index contributed by atoms with van der Waals surface area (Å²) in [4.78, 5) is 11.7. The normalized spacial score (nSPS) is 17.9. The third-order valence-corrected chi connectivity index (χ3v) is 3.43. The van der Waals surface area contributed by atoms with E-state index in [1.807, 2.05) is 0 Å². The molecule has 2 rings (SSSR count). The van der Waals surface area contributed by atoms with Crippen molar-refractivity contribution in [3.63, 3.8) is 0 Å². The van der Waals surface area contributed by atoms with Gasteiger partial charge in [0.1, 0.15) is 5.82 Å². The zero-order valence-corrected chi connectivity index (χ0v) is 12.0. The lowest BCUT2D eigenvalue weighted by molar-refractivity contribution is 0.0952. The summed E-state index contributed by atoms with van der Waals surface area (Å²) in [5.74, 6) is -0.828. The standard InChI is InChI=1S/C13H16ClFN2O.ClH/c14-11-4-3-9(8-12(11)15)13(18)17-7-5-10-2-1-6-16-10;/h3-4,8,10,16H,1-2,5-7H2,(H,17,18);1H/t10-;/m1./s1. The van der Waals surface area contributed by atoms with Crippen LogP contribution in [0.4, 0.5) is 4.39 Å². The van der Waals surface area contributed by atoms with Crippen LogP contribution in [0, 0.1) is 5.82 Å². The molecule has 0 unspecified atom stereocenters. The van der Waals surface area contributed by atoms with Gasteiger partial charge < -0.3 is 10.6 Å². The van der Waals surface area contributed by atoms with Gasteiger partial charge in [-0.15, -0.1) is 12.4 Å². The van der Waals surface area contributed by atoms with Gasteiger partial charge in [-0.25, -0.2) is 4.39 Å². The van der Waals surface area contributed by atoms with Crippen LogP contribution in [0.5, 0.6) is 0 Å². The largest absolute Gasteiger partial charge is 0.352 e. The number of hydrogen-bond acceptors (Lipinski definition) is 2. The first-order valence-electron chi connectivity index (χ1n) is 6.13. The zero-order valence-electron chi connectivity index (χ0n) is 10.4. The average molecular weight is 307 g/mol. The third kappa shape index (κ3) is 4.64. The van der Waals surface area contributed by atoms with E-state index in [1.165, 1.54) is 18.6 Å². The van der Waals surface area contributed by atoms with E-state index >= 15 is 0 Å². The molecule has 0 spiro atoms. The van der Waals surface area contributed by atoms with Crippen LogP contribution in [-0.2, 0) is 0 Å². The van der Waals surface area contributed by atoms with E-state index in [2.05, 4.69) is 10.6 Å². The van der Waals surface area contributed by atoms with Crippen LogP contribution in [0.25, 0.3) is 0 Å². The first-order chi connectivity index (χ1) is 8.66. The van der Waals surface area contributed by atoms with Gasteiger partial charge in [0.25, 0.3) is 5.91 Å². The Morgan fingerprint density at radius 3 is 2.95 bits per heavy atom. The Bertz CT molecular complexity index is 437. The Morgan fingerprint density at radius 2 is 2.32 bits per heavy atom. The van der Waals surface area contributed by atoms with Crippen molar-refractivity contribution in [1.29, 1.82) is 0 Å². The smallest absolute Gasteiger partial charge is 0.251 e. The lowest BCUT2D eigenvalue weighted by Gasteiger charge is -2.10. The molecule has 0 aliphatic carbocycles. The average Bonchev–Trinajstić information content (AvgIpc) is 2.85. The van der Waals surface area contributed by atoms with E-state index in [1.54, 1.807) is 0 Å². The molecule has 1 fully saturated rings. The van der Waals surface area contributed by atoms with Crippen LogP contribution in [0.1, 0.15) is 29.6 Å². The van der Waals surface area contributed by atoms with Gasteiger partial charge in [-0.05, 0) is 44.0 Å². The maximum atomic E-state index is 13.2. The van der Waals surface area contributed by atoms with Crippen LogP contribution >= 0.6 is 24.0 Å². The predicted molar refractivity (Wildman–Crippen MR) is 76.6 cm³/mol. The SMILES string of the molecule is Cl.O=C(NCC[C@H]1CCCN1)c1ccc(Cl)c(F)c1. The maximum Gasteiger partial charge on any atom is 0.251 e. The highest BCUT2D eigenvalue weighted by atomic mass is 35.5. The minimum absolute atomic E-state index is 0. The molecule has 0 aromatic heterocycles. The Morgan fingerprint density at radius 1 is 1.53 bits per heavy atom. The number of carbonyl (C=O) groups excluding carboxylic acids is 1. The second-order valence-electron chi connectivity index (χ2n) is 4.47. The summed E-state index contributed by atoms with van der Waals surface area (Å²) >= 11 is 5.56. The molecule has 1 saturated heterocycles. The molecular weight excluding hydrogens is 290 g/mol. The van der Waals surface area contributed by atoms with Crippen molar-refractivity contribution in [1.82, 2.24) is 10.6 Å². The highest BCUT2D eigenvalue weighted by Crippen LogP contribution is 2.15. The number of carbonyl (C=O) groups is 1. The minimum atomic E-state index is -0.568. The molecule has 1 aromatic carbocycles. The fraction of sp³-hybridized carbons (Fsp3) is 0.462. The Kier molecular flexibility index (Phi) is 6.55. The predicted octanol–water partition coefficient (Wildman–Crippen LogP) is 2.77. The molecule has 1 aliphatic heterocycles. The van der Waals surface area contributed by atoms with Crippen molar-refractivity contribution >= 4 is 29.9 Å². The van der Waals surface area contributed by atoms with E-state index in [0.717, 1.165) is 25.5 Å². The molecule has 19 heavy (non-hydrogen) atoms. The van der Waals surface area contributed by atoms with Crippen molar-refractivity contribution in [2.75, 3.05) is 13.1 Å². The summed E-state index contributed by atoms with van der Waals surface area (Å²) in [6.45, 7) is 1.65. The fourth-order valence-electron chi connectivity index (χ4n) is 2.10. The van der Waals surface area contributed by atoms with E-state index in [9.17, 15) is 9.18 Å². The van der Waals surface area contributed by atoms with Crippen molar-refractivity contribution in [3.05, 3.63) is 34.6 Å². The minimum Gasteiger partial charge on any atom is -0.352 e. The first-order valence-corrected chi connectivity index (χ1v) is 6.51. The number of benzene rings is 1. The molecule has 0 bridgehead atoms. The van der Waals surface area contributed by atoms with Gasteiger partial charge in [0.15, 0.2) is 0 Å². The van der Waals surface area contributed by atoms with Crippen molar-refractivity contribution in [2.24, 2.45) is 0 Å². The van der Waals surface area contributed by atoms with Gasteiger partial charge in [0.05, 0.1) is 5.02 Å². The number of nitrogens with one attached hydrogen (secondary N) is 2. The molecule has 0 saturated carbocycles. The molecule has 2 N–H and O–H groups in total. The monoisotopic (exact) mass is 306 g/mol. The summed E-state index contributed by atoms with van der Waals surface area (Å²) in [6, 6.07) is 4.57. The van der Waals surface area contributed by atoms with Gasteiger partial charge in [0, 0.05) is 18.2 Å². The van der Waals surface area contributed by atoms with Gasteiger partial charge in [-0.3, -0.25) is 4.79 Å². The second kappa shape index (κ2) is 7.68. The quantitative estimate of drug-likeness (QED) is 0.898. The van der Waals surface area contributed by atoms with E-state index in [0.29, 0.717) is 18.2 Å². The fourth-order valence-corrected chi connectivity index (χ4v) is 2.22. The summed E-state index contributed by atoms with van der Waals surface area (Å²) in [5.41, 5.74) is 0.302. The van der Waals surface area contributed by atoms with Crippen molar-refractivity contribution in [3.8, 4) is 0 Å². The number of halogens is 3. The third-order valence-electron chi connectivity index (χ3n) is 3.12. The molecule has 1 aliphatic rings. The van der Waals surface area contributed by atoms with E-state index in [4.69, 9.17) is 11.6 Å². The van der Waals surface area contributed by atoms with Gasteiger partial charge in [-0.1, -0.05) is 11.6 Å². The molecule has 1 amide bonds. The van der Waals surface area contributed by atoms with E-state index in [-0.39, 0.29) is 23.3 Å². The number of hydrogen-bond donors (Lipinski definition) is 2.